The summed E-state index contributed by atoms with van der Waals surface area (Å²) in [5, 5.41) is 2.82. The summed E-state index contributed by atoms with van der Waals surface area (Å²) in [7, 11) is 1.80. The van der Waals surface area contributed by atoms with E-state index in [1.807, 2.05) is 52.0 Å². The van der Waals surface area contributed by atoms with E-state index in [-0.39, 0.29) is 18.0 Å². The van der Waals surface area contributed by atoms with Gasteiger partial charge in [-0.25, -0.2) is 9.59 Å². The quantitative estimate of drug-likeness (QED) is 0.338. The molecule has 7 heteroatoms. The van der Waals surface area contributed by atoms with Crippen LogP contribution in [0.5, 0.6) is 5.75 Å². The molecule has 0 saturated carbocycles. The van der Waals surface area contributed by atoms with Gasteiger partial charge < -0.3 is 24.4 Å². The van der Waals surface area contributed by atoms with Crippen LogP contribution < -0.4 is 10.1 Å². The zero-order valence-corrected chi connectivity index (χ0v) is 22.0. The lowest BCUT2D eigenvalue weighted by molar-refractivity contribution is -0.170. The SMILES string of the molecule is CC.CC.CCCCO[C@@](C)(Cc1ccc(OCC[C@@H]2CNC(=O)N2C)cc1)C(=O)OCC. The van der Waals surface area contributed by atoms with E-state index in [4.69, 9.17) is 14.2 Å². The van der Waals surface area contributed by atoms with Crippen LogP contribution in [0.15, 0.2) is 24.3 Å². The maximum Gasteiger partial charge on any atom is 0.338 e. The third-order valence-corrected chi connectivity index (χ3v) is 5.17. The predicted octanol–water partition coefficient (Wildman–Crippen LogP) is 5.21. The van der Waals surface area contributed by atoms with E-state index in [0.29, 0.717) is 32.8 Å². The van der Waals surface area contributed by atoms with E-state index in [2.05, 4.69) is 12.2 Å². The molecule has 1 aromatic carbocycles. The summed E-state index contributed by atoms with van der Waals surface area (Å²) in [5.74, 6) is 0.429. The highest BCUT2D eigenvalue weighted by Crippen LogP contribution is 2.23. The molecule has 1 saturated heterocycles. The normalized spacial score (nSPS) is 16.4. The second-order valence-corrected chi connectivity index (χ2v) is 7.56. The minimum absolute atomic E-state index is 0.0369. The Balaban J connectivity index is 0.00000242. The van der Waals surface area contributed by atoms with Gasteiger partial charge in [0, 0.05) is 33.0 Å². The summed E-state index contributed by atoms with van der Waals surface area (Å²) in [5.41, 5.74) is -0.0186. The Morgan fingerprint density at radius 3 is 2.27 bits per heavy atom. The Kier molecular flexibility index (Phi) is 16.0. The number of hydrogen-bond acceptors (Lipinski definition) is 5. The smallest absolute Gasteiger partial charge is 0.338 e. The number of rotatable bonds is 12. The first-order valence-electron chi connectivity index (χ1n) is 12.4. The number of hydrogen-bond donors (Lipinski definition) is 1. The molecule has 1 N–H and O–H groups in total. The molecule has 0 aliphatic carbocycles. The van der Waals surface area contributed by atoms with Gasteiger partial charge in [-0.2, -0.15) is 0 Å². The van der Waals surface area contributed by atoms with Gasteiger partial charge >= 0.3 is 12.0 Å². The van der Waals surface area contributed by atoms with Crippen LogP contribution in [0.1, 0.15) is 73.3 Å². The minimum Gasteiger partial charge on any atom is -0.494 e. The molecule has 2 amide bonds. The molecule has 7 nitrogen and oxygen atoms in total. The number of nitrogens with zero attached hydrogens (tertiary/aromatic N) is 1. The van der Waals surface area contributed by atoms with Crippen LogP contribution in [0, 0.1) is 0 Å². The Bertz CT molecular complexity index is 665. The molecule has 1 heterocycles. The third kappa shape index (κ3) is 10.5. The van der Waals surface area contributed by atoms with E-state index in [1.165, 1.54) is 0 Å². The van der Waals surface area contributed by atoms with Crippen LogP contribution in [-0.4, -0.2) is 62.0 Å². The van der Waals surface area contributed by atoms with Crippen LogP contribution in [0.3, 0.4) is 0 Å². The number of urea groups is 1. The van der Waals surface area contributed by atoms with Crippen molar-refractivity contribution in [3.05, 3.63) is 29.8 Å². The predicted molar refractivity (Wildman–Crippen MR) is 134 cm³/mol. The molecule has 2 atom stereocenters. The van der Waals surface area contributed by atoms with Crippen molar-refractivity contribution in [2.24, 2.45) is 0 Å². The first kappa shape index (κ1) is 30.7. The second kappa shape index (κ2) is 17.2. The maximum atomic E-state index is 12.4. The number of carbonyl (C=O) groups excluding carboxylic acids is 2. The van der Waals surface area contributed by atoms with Crippen molar-refractivity contribution in [1.29, 1.82) is 0 Å². The summed E-state index contributed by atoms with van der Waals surface area (Å²) >= 11 is 0. The fourth-order valence-electron chi connectivity index (χ4n) is 3.24. The largest absolute Gasteiger partial charge is 0.494 e. The van der Waals surface area contributed by atoms with E-state index in [9.17, 15) is 9.59 Å². The monoisotopic (exact) mass is 466 g/mol. The fraction of sp³-hybridized carbons (Fsp3) is 0.692. The maximum absolute atomic E-state index is 12.4. The molecular weight excluding hydrogens is 420 g/mol. The van der Waals surface area contributed by atoms with Crippen molar-refractivity contribution in [2.45, 2.75) is 85.8 Å². The lowest BCUT2D eigenvalue weighted by atomic mass is 9.96. The third-order valence-electron chi connectivity index (χ3n) is 5.17. The molecule has 1 aliphatic rings. The standard InChI is InChI=1S/C22H34N2O5.2C2H6/c1-5-7-13-29-22(3,20(25)27-6-2)15-17-8-10-19(11-9-17)28-14-12-18-16-23-21(26)24(18)4;2*1-2/h8-11,18H,5-7,12-16H2,1-4H3,(H,23,26);2*1-2H3/t18-,22+;;/m1../s1. The first-order chi connectivity index (χ1) is 15.9. The van der Waals surface area contributed by atoms with Crippen molar-refractivity contribution in [2.75, 3.05) is 33.4 Å². The Morgan fingerprint density at radius 2 is 1.76 bits per heavy atom. The lowest BCUT2D eigenvalue weighted by Gasteiger charge is -2.28. The molecule has 0 aromatic heterocycles. The number of ether oxygens (including phenoxy) is 3. The number of unbranched alkanes of at least 4 members (excludes halogenated alkanes) is 1. The zero-order valence-electron chi connectivity index (χ0n) is 22.0. The van der Waals surface area contributed by atoms with E-state index in [0.717, 1.165) is 30.6 Å². The molecule has 0 unspecified atom stereocenters. The Labute approximate surface area is 201 Å². The summed E-state index contributed by atoms with van der Waals surface area (Å²) in [6.07, 6.45) is 3.12. The number of esters is 1. The van der Waals surface area contributed by atoms with E-state index in [1.54, 1.807) is 25.8 Å². The van der Waals surface area contributed by atoms with Crippen LogP contribution in [0.4, 0.5) is 4.79 Å². The van der Waals surface area contributed by atoms with Crippen LogP contribution >= 0.6 is 0 Å². The first-order valence-corrected chi connectivity index (χ1v) is 12.4. The molecule has 1 aromatic rings. The topological polar surface area (TPSA) is 77.1 Å². The van der Waals surface area contributed by atoms with Gasteiger partial charge in [-0.15, -0.1) is 0 Å². The van der Waals surface area contributed by atoms with Gasteiger partial charge in [0.2, 0.25) is 0 Å². The number of likely N-dealkylation sites (N-methyl/N-ethyl adjacent to an activating group) is 1. The average Bonchev–Trinajstić information content (AvgIpc) is 3.15. The number of amides is 2. The van der Waals surface area contributed by atoms with Gasteiger partial charge in [0.05, 0.1) is 19.3 Å². The van der Waals surface area contributed by atoms with Crippen molar-refractivity contribution >= 4 is 12.0 Å². The fourth-order valence-corrected chi connectivity index (χ4v) is 3.24. The van der Waals surface area contributed by atoms with E-state index < -0.39 is 5.60 Å². The van der Waals surface area contributed by atoms with Crippen molar-refractivity contribution < 1.29 is 23.8 Å². The average molecular weight is 467 g/mol. The molecule has 0 radical (unpaired) electrons. The summed E-state index contributed by atoms with van der Waals surface area (Å²) in [6, 6.07) is 7.81. The summed E-state index contributed by atoms with van der Waals surface area (Å²) in [6.45, 7) is 15.7. The van der Waals surface area contributed by atoms with Gasteiger partial charge in [0.1, 0.15) is 5.75 Å². The van der Waals surface area contributed by atoms with Gasteiger partial charge in [-0.05, 0) is 38.0 Å². The second-order valence-electron chi connectivity index (χ2n) is 7.56. The van der Waals surface area contributed by atoms with Crippen LogP contribution in [0.2, 0.25) is 0 Å². The molecule has 0 bridgehead atoms. The molecule has 1 fully saturated rings. The number of carbonyl (C=O) groups is 2. The highest BCUT2D eigenvalue weighted by atomic mass is 16.6. The van der Waals surface area contributed by atoms with Gasteiger partial charge in [-0.3, -0.25) is 0 Å². The highest BCUT2D eigenvalue weighted by molar-refractivity contribution is 5.79. The lowest BCUT2D eigenvalue weighted by Crippen LogP contribution is -2.42. The Hall–Kier alpha value is -2.28. The number of nitrogens with one attached hydrogen (secondary N) is 1. The van der Waals surface area contributed by atoms with Crippen molar-refractivity contribution in [3.63, 3.8) is 0 Å². The van der Waals surface area contributed by atoms with Gasteiger partial charge in [0.25, 0.3) is 0 Å². The Morgan fingerprint density at radius 1 is 1.12 bits per heavy atom. The minimum atomic E-state index is -1.000. The molecule has 33 heavy (non-hydrogen) atoms. The number of benzene rings is 1. The summed E-state index contributed by atoms with van der Waals surface area (Å²) < 4.78 is 17.0. The molecule has 190 valence electrons. The van der Waals surface area contributed by atoms with E-state index >= 15 is 0 Å². The molecule has 1 aliphatic heterocycles. The molecule has 2 rings (SSSR count). The van der Waals surface area contributed by atoms with Crippen LogP contribution in [-0.2, 0) is 20.7 Å². The van der Waals surface area contributed by atoms with Crippen molar-refractivity contribution in [1.82, 2.24) is 10.2 Å². The van der Waals surface area contributed by atoms with Crippen LogP contribution in [0.25, 0.3) is 0 Å². The van der Waals surface area contributed by atoms with Crippen molar-refractivity contribution in [3.8, 4) is 5.75 Å². The summed E-state index contributed by atoms with van der Waals surface area (Å²) in [4.78, 5) is 25.6. The molecular formula is C26H46N2O5. The highest BCUT2D eigenvalue weighted by Gasteiger charge is 2.36. The zero-order chi connectivity index (χ0) is 25.3. The van der Waals surface area contributed by atoms with Gasteiger partial charge in [0.15, 0.2) is 5.60 Å². The van der Waals surface area contributed by atoms with Gasteiger partial charge in [-0.1, -0.05) is 53.2 Å². The molecule has 0 spiro atoms.